The highest BCUT2D eigenvalue weighted by Gasteiger charge is 2.33. The summed E-state index contributed by atoms with van der Waals surface area (Å²) < 4.78 is 45.3. The summed E-state index contributed by atoms with van der Waals surface area (Å²) in [5, 5.41) is 6.44. The monoisotopic (exact) mass is 391 g/mol. The van der Waals surface area contributed by atoms with Crippen molar-refractivity contribution >= 4 is 11.6 Å². The lowest BCUT2D eigenvalue weighted by molar-refractivity contribution is -0.137. The highest BCUT2D eigenvalue weighted by molar-refractivity contribution is 5.91. The molecule has 2 aromatic heterocycles. The van der Waals surface area contributed by atoms with E-state index in [-0.39, 0.29) is 30.6 Å². The number of hydrogen-bond donors (Lipinski definition) is 1. The van der Waals surface area contributed by atoms with Gasteiger partial charge in [0.05, 0.1) is 17.5 Å². The van der Waals surface area contributed by atoms with Gasteiger partial charge in [-0.1, -0.05) is 12.1 Å². The molecule has 28 heavy (non-hydrogen) atoms. The van der Waals surface area contributed by atoms with Crippen LogP contribution in [0.2, 0.25) is 0 Å². The fourth-order valence-electron chi connectivity index (χ4n) is 2.61. The maximum atomic E-state index is 13.0. The summed E-state index contributed by atoms with van der Waals surface area (Å²) >= 11 is 0. The van der Waals surface area contributed by atoms with Crippen LogP contribution in [0.15, 0.2) is 64.0 Å². The van der Waals surface area contributed by atoms with E-state index in [2.05, 4.69) is 10.4 Å². The molecule has 0 atom stereocenters. The summed E-state index contributed by atoms with van der Waals surface area (Å²) in [6.45, 7) is 0.141. The van der Waals surface area contributed by atoms with Crippen molar-refractivity contribution in [2.75, 3.05) is 5.32 Å². The van der Waals surface area contributed by atoms with Gasteiger partial charge in [-0.2, -0.15) is 18.3 Å². The van der Waals surface area contributed by atoms with E-state index in [4.69, 9.17) is 4.42 Å². The maximum Gasteiger partial charge on any atom is 0.418 e. The molecule has 0 aliphatic heterocycles. The minimum absolute atomic E-state index is 0.0642. The zero-order valence-corrected chi connectivity index (χ0v) is 14.6. The van der Waals surface area contributed by atoms with Crippen LogP contribution in [-0.2, 0) is 17.5 Å². The molecular weight excluding hydrogens is 375 g/mol. The number of nitrogens with zero attached hydrogens (tertiary/aromatic N) is 2. The SMILES string of the molecule is O=C(CCCn1nc(-c2ccco2)ccc1=O)Nc1ccccc1C(F)(F)F. The number of carbonyl (C=O) groups is 1. The Morgan fingerprint density at radius 1 is 1.11 bits per heavy atom. The quantitative estimate of drug-likeness (QED) is 0.691. The molecule has 0 saturated carbocycles. The molecule has 0 bridgehead atoms. The van der Waals surface area contributed by atoms with Crippen LogP contribution < -0.4 is 10.9 Å². The Hall–Kier alpha value is -3.36. The Kier molecular flexibility index (Phi) is 5.62. The molecule has 1 amide bonds. The molecule has 3 aromatic rings. The number of halogens is 3. The van der Waals surface area contributed by atoms with Gasteiger partial charge in [0.15, 0.2) is 5.76 Å². The first-order valence-corrected chi connectivity index (χ1v) is 8.43. The number of furan rings is 1. The Bertz CT molecular complexity index is 1010. The van der Waals surface area contributed by atoms with Crippen molar-refractivity contribution in [3.63, 3.8) is 0 Å². The molecule has 146 valence electrons. The van der Waals surface area contributed by atoms with Crippen molar-refractivity contribution in [2.45, 2.75) is 25.6 Å². The highest BCUT2D eigenvalue weighted by Crippen LogP contribution is 2.34. The van der Waals surface area contributed by atoms with Crippen LogP contribution >= 0.6 is 0 Å². The number of para-hydroxylation sites is 1. The molecule has 0 aliphatic rings. The molecule has 1 N–H and O–H groups in total. The van der Waals surface area contributed by atoms with Crippen molar-refractivity contribution in [1.82, 2.24) is 9.78 Å². The third-order valence-electron chi connectivity index (χ3n) is 3.92. The third-order valence-corrected chi connectivity index (χ3v) is 3.92. The first kappa shape index (κ1) is 19.4. The molecular formula is C19H16F3N3O3. The van der Waals surface area contributed by atoms with E-state index < -0.39 is 17.6 Å². The lowest BCUT2D eigenvalue weighted by Crippen LogP contribution is -2.23. The van der Waals surface area contributed by atoms with Crippen LogP contribution in [0.4, 0.5) is 18.9 Å². The minimum atomic E-state index is -4.56. The zero-order valence-electron chi connectivity index (χ0n) is 14.6. The van der Waals surface area contributed by atoms with E-state index in [9.17, 15) is 22.8 Å². The van der Waals surface area contributed by atoms with Gasteiger partial charge in [0.25, 0.3) is 5.56 Å². The van der Waals surface area contributed by atoms with Crippen LogP contribution in [0.1, 0.15) is 18.4 Å². The number of hydrogen-bond acceptors (Lipinski definition) is 4. The molecule has 1 aromatic carbocycles. The maximum absolute atomic E-state index is 13.0. The van der Waals surface area contributed by atoms with Gasteiger partial charge in [0.1, 0.15) is 5.69 Å². The molecule has 2 heterocycles. The number of rotatable bonds is 6. The molecule has 0 radical (unpaired) electrons. The molecule has 3 rings (SSSR count). The van der Waals surface area contributed by atoms with E-state index in [1.165, 1.54) is 41.3 Å². The van der Waals surface area contributed by atoms with Crippen molar-refractivity contribution in [1.29, 1.82) is 0 Å². The van der Waals surface area contributed by atoms with Crippen molar-refractivity contribution in [2.24, 2.45) is 0 Å². The second-order valence-corrected chi connectivity index (χ2v) is 5.95. The number of aryl methyl sites for hydroxylation is 1. The van der Waals surface area contributed by atoms with Crippen LogP contribution in [0.5, 0.6) is 0 Å². The van der Waals surface area contributed by atoms with Gasteiger partial charge in [0, 0.05) is 19.0 Å². The Balaban J connectivity index is 1.61. The van der Waals surface area contributed by atoms with E-state index in [0.29, 0.717) is 11.5 Å². The molecule has 0 unspecified atom stereocenters. The topological polar surface area (TPSA) is 77.1 Å². The van der Waals surface area contributed by atoms with Crippen molar-refractivity contribution in [3.05, 3.63) is 70.7 Å². The number of alkyl halides is 3. The van der Waals surface area contributed by atoms with Gasteiger partial charge in [-0.15, -0.1) is 0 Å². The summed E-state index contributed by atoms with van der Waals surface area (Å²) in [7, 11) is 0. The lowest BCUT2D eigenvalue weighted by atomic mass is 10.1. The number of benzene rings is 1. The highest BCUT2D eigenvalue weighted by atomic mass is 19.4. The van der Waals surface area contributed by atoms with Gasteiger partial charge in [-0.05, 0) is 36.8 Å². The predicted molar refractivity (Wildman–Crippen MR) is 95.5 cm³/mol. The molecule has 9 heteroatoms. The lowest BCUT2D eigenvalue weighted by Gasteiger charge is -2.13. The largest absolute Gasteiger partial charge is 0.463 e. The van der Waals surface area contributed by atoms with E-state index >= 15 is 0 Å². The zero-order chi connectivity index (χ0) is 20.1. The van der Waals surface area contributed by atoms with Crippen molar-refractivity contribution in [3.8, 4) is 11.5 Å². The normalized spacial score (nSPS) is 11.4. The predicted octanol–water partition coefficient (Wildman–Crippen LogP) is 3.94. The summed E-state index contributed by atoms with van der Waals surface area (Å²) in [4.78, 5) is 23.9. The van der Waals surface area contributed by atoms with Crippen LogP contribution in [0.3, 0.4) is 0 Å². The van der Waals surface area contributed by atoms with Crippen LogP contribution in [0.25, 0.3) is 11.5 Å². The second-order valence-electron chi connectivity index (χ2n) is 5.95. The van der Waals surface area contributed by atoms with Gasteiger partial charge in [-0.3, -0.25) is 9.59 Å². The standard InChI is InChI=1S/C19H16F3N3O3/c20-19(21,22)13-5-1-2-6-14(13)23-17(26)8-3-11-25-18(27)10-9-15(24-25)16-7-4-12-28-16/h1-2,4-7,9-10,12H,3,8,11H2,(H,23,26). The third kappa shape index (κ3) is 4.67. The molecule has 6 nitrogen and oxygen atoms in total. The Labute approximate surface area is 157 Å². The van der Waals surface area contributed by atoms with E-state index in [1.807, 2.05) is 0 Å². The molecule has 0 aliphatic carbocycles. The summed E-state index contributed by atoms with van der Waals surface area (Å²) in [6.07, 6.45) is -2.91. The van der Waals surface area contributed by atoms with Gasteiger partial charge in [0.2, 0.25) is 5.91 Å². The Morgan fingerprint density at radius 2 is 1.89 bits per heavy atom. The van der Waals surface area contributed by atoms with E-state index in [1.54, 1.807) is 12.1 Å². The fraction of sp³-hybridized carbons (Fsp3) is 0.211. The Morgan fingerprint density at radius 3 is 2.61 bits per heavy atom. The first-order chi connectivity index (χ1) is 13.3. The number of carbonyl (C=O) groups excluding carboxylic acids is 1. The average Bonchev–Trinajstić information content (AvgIpc) is 3.17. The van der Waals surface area contributed by atoms with Gasteiger partial charge >= 0.3 is 6.18 Å². The van der Waals surface area contributed by atoms with Crippen LogP contribution in [-0.4, -0.2) is 15.7 Å². The summed E-state index contributed by atoms with van der Waals surface area (Å²) in [5.41, 5.74) is -1.09. The number of aromatic nitrogens is 2. The van der Waals surface area contributed by atoms with Crippen molar-refractivity contribution < 1.29 is 22.4 Å². The molecule has 0 saturated heterocycles. The minimum Gasteiger partial charge on any atom is -0.463 e. The molecule has 0 spiro atoms. The van der Waals surface area contributed by atoms with Gasteiger partial charge < -0.3 is 9.73 Å². The van der Waals surface area contributed by atoms with Gasteiger partial charge in [-0.25, -0.2) is 4.68 Å². The number of anilines is 1. The summed E-state index contributed by atoms with van der Waals surface area (Å²) in [6, 6.07) is 11.0. The second kappa shape index (κ2) is 8.12. The fourth-order valence-corrected chi connectivity index (χ4v) is 2.61. The summed E-state index contributed by atoms with van der Waals surface area (Å²) in [5.74, 6) is -0.0813. The average molecular weight is 391 g/mol. The smallest absolute Gasteiger partial charge is 0.418 e. The number of amides is 1. The molecule has 0 fully saturated rings. The first-order valence-electron chi connectivity index (χ1n) is 8.43. The van der Waals surface area contributed by atoms with E-state index in [0.717, 1.165) is 6.07 Å². The number of nitrogens with one attached hydrogen (secondary N) is 1. The van der Waals surface area contributed by atoms with Crippen LogP contribution in [0, 0.1) is 0 Å².